The van der Waals surface area contributed by atoms with E-state index in [4.69, 9.17) is 5.73 Å². The van der Waals surface area contributed by atoms with E-state index >= 15 is 0 Å². The van der Waals surface area contributed by atoms with Gasteiger partial charge in [0, 0.05) is 31.4 Å². The molecule has 3 aromatic rings. The van der Waals surface area contributed by atoms with E-state index in [1.165, 1.54) is 16.3 Å². The van der Waals surface area contributed by atoms with Gasteiger partial charge < -0.3 is 10.8 Å². The number of aromatic nitrogens is 3. The van der Waals surface area contributed by atoms with Crippen molar-refractivity contribution in [2.75, 3.05) is 23.1 Å². The predicted molar refractivity (Wildman–Crippen MR) is 108 cm³/mol. The molecule has 0 radical (unpaired) electrons. The normalized spacial score (nSPS) is 15.4. The molecule has 1 aliphatic rings. The second kappa shape index (κ2) is 7.47. The van der Waals surface area contributed by atoms with Crippen molar-refractivity contribution in [1.82, 2.24) is 14.6 Å². The highest BCUT2D eigenvalue weighted by atomic mass is 16.4. The first-order chi connectivity index (χ1) is 13.5. The van der Waals surface area contributed by atoms with Crippen LogP contribution in [0.2, 0.25) is 0 Å². The number of rotatable bonds is 6. The van der Waals surface area contributed by atoms with E-state index < -0.39 is 5.97 Å². The number of anilines is 2. The average Bonchev–Trinajstić information content (AvgIpc) is 3.33. The van der Waals surface area contributed by atoms with Crippen LogP contribution in [0, 0.1) is 0 Å². The van der Waals surface area contributed by atoms with Crippen molar-refractivity contribution in [2.24, 2.45) is 5.73 Å². The molecule has 4 rings (SSSR count). The highest BCUT2D eigenvalue weighted by molar-refractivity contribution is 5.94. The number of carboxylic acids is 1. The smallest absolute Gasteiger partial charge is 0.341 e. The minimum absolute atomic E-state index is 0.102. The molecule has 1 saturated heterocycles. The third-order valence-electron chi connectivity index (χ3n) is 5.02. The van der Waals surface area contributed by atoms with Crippen LogP contribution < -0.4 is 15.8 Å². The number of carbonyl (C=O) groups is 1. The number of hydrogen-bond acceptors (Lipinski definition) is 6. The molecule has 28 heavy (non-hydrogen) atoms. The van der Waals surface area contributed by atoms with Gasteiger partial charge in [0.05, 0.1) is 11.9 Å². The Kier molecular flexibility index (Phi) is 4.87. The molecule has 1 aliphatic heterocycles. The zero-order valence-electron chi connectivity index (χ0n) is 15.8. The van der Waals surface area contributed by atoms with Crippen molar-refractivity contribution in [3.8, 4) is 0 Å². The molecule has 8 heteroatoms. The van der Waals surface area contributed by atoms with Gasteiger partial charge in [0.15, 0.2) is 11.5 Å². The fourth-order valence-electron chi connectivity index (χ4n) is 3.61. The number of nitrogens with two attached hydrogens (primary N) is 1. The number of hydrogen-bond donors (Lipinski definition) is 2. The van der Waals surface area contributed by atoms with Gasteiger partial charge in [0.2, 0.25) is 0 Å². The molecule has 3 N–H and O–H groups in total. The second-order valence-electron chi connectivity index (χ2n) is 7.16. The first kappa shape index (κ1) is 18.2. The maximum absolute atomic E-state index is 11.4. The van der Waals surface area contributed by atoms with Crippen molar-refractivity contribution >= 4 is 23.1 Å². The van der Waals surface area contributed by atoms with Crippen LogP contribution in [0.1, 0.15) is 35.7 Å². The Balaban J connectivity index is 1.69. The summed E-state index contributed by atoms with van der Waals surface area (Å²) >= 11 is 0. The number of fused-ring (bicyclic) bond motifs is 1. The van der Waals surface area contributed by atoms with Gasteiger partial charge in [0.1, 0.15) is 5.56 Å². The van der Waals surface area contributed by atoms with Crippen LogP contribution in [0.5, 0.6) is 0 Å². The van der Waals surface area contributed by atoms with E-state index in [-0.39, 0.29) is 11.6 Å². The molecule has 0 unspecified atom stereocenters. The van der Waals surface area contributed by atoms with E-state index in [9.17, 15) is 9.90 Å². The third kappa shape index (κ3) is 3.38. The first-order valence-electron chi connectivity index (χ1n) is 9.51. The summed E-state index contributed by atoms with van der Waals surface area (Å²) in [5.74, 6) is -0.311. The Bertz CT molecular complexity index is 999. The molecule has 8 nitrogen and oxygen atoms in total. The molecule has 0 saturated carbocycles. The summed E-state index contributed by atoms with van der Waals surface area (Å²) in [4.78, 5) is 16.0. The number of para-hydroxylation sites is 1. The molecule has 0 aliphatic carbocycles. The summed E-state index contributed by atoms with van der Waals surface area (Å²) in [6, 6.07) is 10.4. The van der Waals surface area contributed by atoms with Gasteiger partial charge in [-0.15, -0.1) is 0 Å². The number of nitrogens with zero attached hydrogens (tertiary/aromatic N) is 5. The molecule has 1 aromatic carbocycles. The standard InChI is InChI=1S/C20H24N6O2/c1-14(21)7-8-15-5-2-3-6-17(15)25-10-4-11-26(25)18-9-12-24-19(23-18)16(13-22-24)20(27)28/h2-3,5-6,9,12-14H,4,7-8,10-11,21H2,1H3,(H,27,28)/t14-/m1/s1. The molecule has 146 valence electrons. The van der Waals surface area contributed by atoms with E-state index in [1.807, 2.05) is 19.1 Å². The van der Waals surface area contributed by atoms with Gasteiger partial charge in [-0.05, 0) is 37.8 Å². The minimum atomic E-state index is -1.03. The molecule has 0 spiro atoms. The molecular formula is C20H24N6O2. The van der Waals surface area contributed by atoms with E-state index in [2.05, 4.69) is 38.3 Å². The third-order valence-corrected chi connectivity index (χ3v) is 5.02. The lowest BCUT2D eigenvalue weighted by atomic mass is 10.0. The van der Waals surface area contributed by atoms with Crippen LogP contribution in [0.15, 0.2) is 42.7 Å². The summed E-state index contributed by atoms with van der Waals surface area (Å²) in [5, 5.41) is 17.8. The van der Waals surface area contributed by atoms with Crippen molar-refractivity contribution in [3.05, 3.63) is 53.9 Å². The highest BCUT2D eigenvalue weighted by Crippen LogP contribution is 2.30. The van der Waals surface area contributed by atoms with Crippen LogP contribution in [-0.4, -0.2) is 44.8 Å². The Morgan fingerprint density at radius 3 is 2.82 bits per heavy atom. The van der Waals surface area contributed by atoms with Gasteiger partial charge >= 0.3 is 5.97 Å². The Morgan fingerprint density at radius 1 is 1.25 bits per heavy atom. The van der Waals surface area contributed by atoms with Crippen LogP contribution in [0.25, 0.3) is 5.65 Å². The number of benzene rings is 1. The highest BCUT2D eigenvalue weighted by Gasteiger charge is 2.26. The first-order valence-corrected chi connectivity index (χ1v) is 9.51. The van der Waals surface area contributed by atoms with Crippen LogP contribution in [-0.2, 0) is 6.42 Å². The van der Waals surface area contributed by atoms with Crippen molar-refractivity contribution in [3.63, 3.8) is 0 Å². The Hall–Kier alpha value is -3.13. The molecule has 1 fully saturated rings. The maximum atomic E-state index is 11.4. The topological polar surface area (TPSA) is 100.0 Å². The average molecular weight is 380 g/mol. The number of hydrazine groups is 1. The molecule has 0 bridgehead atoms. The molecule has 1 atom stereocenters. The lowest BCUT2D eigenvalue weighted by Gasteiger charge is -2.32. The maximum Gasteiger partial charge on any atom is 0.341 e. The van der Waals surface area contributed by atoms with E-state index in [0.717, 1.165) is 43.9 Å². The van der Waals surface area contributed by atoms with Crippen molar-refractivity contribution in [2.45, 2.75) is 32.2 Å². The van der Waals surface area contributed by atoms with Crippen LogP contribution >= 0.6 is 0 Å². The van der Waals surface area contributed by atoms with Crippen LogP contribution in [0.3, 0.4) is 0 Å². The molecular weight excluding hydrogens is 356 g/mol. The van der Waals surface area contributed by atoms with Gasteiger partial charge in [-0.3, -0.25) is 10.0 Å². The SMILES string of the molecule is C[C@@H](N)CCc1ccccc1N1CCCN1c1ccn2ncc(C(=O)O)c2n1. The number of carboxylic acid groups (broad SMARTS) is 1. The summed E-state index contributed by atoms with van der Waals surface area (Å²) in [6.07, 6.45) is 5.92. The predicted octanol–water partition coefficient (Wildman–Crippen LogP) is 2.34. The largest absolute Gasteiger partial charge is 0.477 e. The number of aryl methyl sites for hydroxylation is 1. The quantitative estimate of drug-likeness (QED) is 0.677. The summed E-state index contributed by atoms with van der Waals surface area (Å²) < 4.78 is 1.49. The summed E-state index contributed by atoms with van der Waals surface area (Å²) in [6.45, 7) is 3.73. The molecule has 2 aromatic heterocycles. The lowest BCUT2D eigenvalue weighted by Crippen LogP contribution is -2.38. The van der Waals surface area contributed by atoms with Gasteiger partial charge in [-0.1, -0.05) is 18.2 Å². The number of aromatic carboxylic acids is 1. The Labute approximate surface area is 163 Å². The summed E-state index contributed by atoms with van der Waals surface area (Å²) in [7, 11) is 0. The molecule has 3 heterocycles. The zero-order valence-corrected chi connectivity index (χ0v) is 15.8. The van der Waals surface area contributed by atoms with Gasteiger partial charge in [-0.2, -0.15) is 5.10 Å². The zero-order chi connectivity index (χ0) is 19.7. The minimum Gasteiger partial charge on any atom is -0.477 e. The monoisotopic (exact) mass is 380 g/mol. The van der Waals surface area contributed by atoms with Gasteiger partial charge in [0.25, 0.3) is 0 Å². The van der Waals surface area contributed by atoms with Gasteiger partial charge in [-0.25, -0.2) is 14.3 Å². The van der Waals surface area contributed by atoms with Crippen LogP contribution in [0.4, 0.5) is 11.5 Å². The fourth-order valence-corrected chi connectivity index (χ4v) is 3.61. The fraction of sp³-hybridized carbons (Fsp3) is 0.350. The van der Waals surface area contributed by atoms with E-state index in [1.54, 1.807) is 6.20 Å². The van der Waals surface area contributed by atoms with Crippen molar-refractivity contribution < 1.29 is 9.90 Å². The summed E-state index contributed by atoms with van der Waals surface area (Å²) in [5.41, 5.74) is 8.80. The second-order valence-corrected chi connectivity index (χ2v) is 7.16. The van der Waals surface area contributed by atoms with Crippen molar-refractivity contribution in [1.29, 1.82) is 0 Å². The van der Waals surface area contributed by atoms with E-state index in [0.29, 0.717) is 5.65 Å². The molecule has 0 amide bonds. The Morgan fingerprint density at radius 2 is 2.04 bits per heavy atom. The lowest BCUT2D eigenvalue weighted by molar-refractivity contribution is 0.0698.